The molecule has 7 nitrogen and oxygen atoms in total. The number of rotatable bonds is 8. The molecular weight excluding hydrogens is 287 g/mol. The number of carbonyl (C=O) groups is 2. The van der Waals surface area contributed by atoms with E-state index >= 15 is 0 Å². The fourth-order valence-electron chi connectivity index (χ4n) is 2.07. The summed E-state index contributed by atoms with van der Waals surface area (Å²) in [5, 5.41) is 18.2. The van der Waals surface area contributed by atoms with Gasteiger partial charge in [-0.05, 0) is 12.8 Å². The molecule has 9 heteroatoms. The Morgan fingerprint density at radius 1 is 1.16 bits per heavy atom. The Hall–Kier alpha value is -0.150. The van der Waals surface area contributed by atoms with Crippen LogP contribution in [-0.2, 0) is 19.7 Å². The van der Waals surface area contributed by atoms with E-state index in [0.717, 1.165) is 0 Å². The fraction of sp³-hybridized carbons (Fsp3) is 0.800. The Balaban J connectivity index is 0. The summed E-state index contributed by atoms with van der Waals surface area (Å²) in [7, 11) is -5.03. The second-order valence-corrected chi connectivity index (χ2v) is 5.78. The monoisotopic (exact) mass is 306 g/mol. The van der Waals surface area contributed by atoms with Crippen LogP contribution in [0.15, 0.2) is 0 Å². The Kier molecular flexibility index (Phi) is 9.14. The molecule has 2 atom stereocenters. The van der Waals surface area contributed by atoms with E-state index in [-0.39, 0.29) is 42.4 Å². The molecule has 2 unspecified atom stereocenters. The first kappa shape index (κ1) is 21.2. The minimum absolute atomic E-state index is 0. The summed E-state index contributed by atoms with van der Waals surface area (Å²) >= 11 is 0. The van der Waals surface area contributed by atoms with Crippen molar-refractivity contribution < 1.29 is 32.8 Å². The van der Waals surface area contributed by atoms with Gasteiger partial charge < -0.3 is 10.2 Å². The van der Waals surface area contributed by atoms with Gasteiger partial charge in [0.25, 0.3) is 10.1 Å². The van der Waals surface area contributed by atoms with Gasteiger partial charge >= 0.3 is 41.5 Å². The van der Waals surface area contributed by atoms with Crippen molar-refractivity contribution in [2.45, 2.75) is 44.3 Å². The standard InChI is InChI=1S/C10H18O7S.Na.H/c1-3-5-7(8(11)12)10(6-4-2,9(13)14)18(15,16)17;;/h7H,3-6H2,1-2H3,(H,11,12)(H,13,14)(H,15,16,17);;. The van der Waals surface area contributed by atoms with E-state index in [1.807, 2.05) is 0 Å². The molecule has 0 aromatic rings. The van der Waals surface area contributed by atoms with Crippen molar-refractivity contribution in [2.24, 2.45) is 5.92 Å². The fourth-order valence-corrected chi connectivity index (χ4v) is 3.33. The van der Waals surface area contributed by atoms with Crippen molar-refractivity contribution in [2.75, 3.05) is 0 Å². The molecule has 0 rings (SSSR count). The molecule has 3 N–H and O–H groups in total. The first-order valence-electron chi connectivity index (χ1n) is 5.58. The second kappa shape index (κ2) is 8.21. The van der Waals surface area contributed by atoms with E-state index in [9.17, 15) is 22.6 Å². The summed E-state index contributed by atoms with van der Waals surface area (Å²) in [6, 6.07) is 0. The Bertz CT molecular complexity index is 420. The van der Waals surface area contributed by atoms with E-state index in [1.54, 1.807) is 6.92 Å². The molecule has 0 aliphatic heterocycles. The van der Waals surface area contributed by atoms with Crippen LogP contribution in [0.2, 0.25) is 0 Å². The third-order valence-electron chi connectivity index (χ3n) is 2.88. The summed E-state index contributed by atoms with van der Waals surface area (Å²) in [5.74, 6) is -5.03. The quantitative estimate of drug-likeness (QED) is 0.436. The van der Waals surface area contributed by atoms with Crippen molar-refractivity contribution in [1.29, 1.82) is 0 Å². The zero-order valence-electron chi connectivity index (χ0n) is 10.3. The first-order valence-corrected chi connectivity index (χ1v) is 7.02. The summed E-state index contributed by atoms with van der Waals surface area (Å²) in [6.45, 7) is 3.13. The average Bonchev–Trinajstić information content (AvgIpc) is 2.20. The molecule has 0 radical (unpaired) electrons. The molecule has 0 heterocycles. The predicted molar refractivity (Wildman–Crippen MR) is 70.0 cm³/mol. The van der Waals surface area contributed by atoms with Gasteiger partial charge in [0.15, 0.2) is 0 Å². The molecule has 0 bridgehead atoms. The molecule has 0 spiro atoms. The van der Waals surface area contributed by atoms with Crippen molar-refractivity contribution >= 4 is 51.6 Å². The summed E-state index contributed by atoms with van der Waals surface area (Å²) < 4.78 is 29.4. The molecule has 19 heavy (non-hydrogen) atoms. The zero-order chi connectivity index (χ0) is 14.6. The van der Waals surface area contributed by atoms with Crippen LogP contribution in [0.5, 0.6) is 0 Å². The van der Waals surface area contributed by atoms with Crippen LogP contribution < -0.4 is 0 Å². The number of carboxylic acid groups (broad SMARTS) is 2. The second-order valence-electron chi connectivity index (χ2n) is 4.10. The topological polar surface area (TPSA) is 129 Å². The number of aliphatic carboxylic acids is 2. The van der Waals surface area contributed by atoms with E-state index in [0.29, 0.717) is 6.42 Å². The molecule has 0 saturated heterocycles. The summed E-state index contributed by atoms with van der Waals surface area (Å²) in [5.41, 5.74) is 0. The Labute approximate surface area is 134 Å². The van der Waals surface area contributed by atoms with E-state index < -0.39 is 39.1 Å². The van der Waals surface area contributed by atoms with Gasteiger partial charge in [-0.1, -0.05) is 26.7 Å². The van der Waals surface area contributed by atoms with Crippen molar-refractivity contribution in [3.05, 3.63) is 0 Å². The van der Waals surface area contributed by atoms with Crippen molar-refractivity contribution in [3.63, 3.8) is 0 Å². The molecule has 0 aliphatic carbocycles. The molecule has 0 amide bonds. The van der Waals surface area contributed by atoms with E-state index in [4.69, 9.17) is 10.2 Å². The van der Waals surface area contributed by atoms with Crippen LogP contribution >= 0.6 is 0 Å². The van der Waals surface area contributed by atoms with Crippen LogP contribution in [0.1, 0.15) is 39.5 Å². The SMILES string of the molecule is CCCC(C(=O)O)C(CCC)(C(=O)O)S(=O)(=O)O.[NaH]. The van der Waals surface area contributed by atoms with E-state index in [1.165, 1.54) is 6.92 Å². The van der Waals surface area contributed by atoms with Gasteiger partial charge in [0.05, 0.1) is 5.92 Å². The molecular formula is C10H19NaO7S. The van der Waals surface area contributed by atoms with Gasteiger partial charge in [0.1, 0.15) is 0 Å². The Morgan fingerprint density at radius 2 is 1.63 bits per heavy atom. The molecule has 0 aromatic carbocycles. The molecule has 0 saturated carbocycles. The van der Waals surface area contributed by atoms with Gasteiger partial charge in [-0.25, -0.2) is 0 Å². The molecule has 0 aliphatic rings. The third-order valence-corrected chi connectivity index (χ3v) is 4.47. The van der Waals surface area contributed by atoms with E-state index in [2.05, 4.69) is 0 Å². The van der Waals surface area contributed by atoms with Crippen LogP contribution in [0.25, 0.3) is 0 Å². The summed E-state index contributed by atoms with van der Waals surface area (Å²) in [6.07, 6.45) is -0.162. The first-order chi connectivity index (χ1) is 8.15. The molecule has 0 aromatic heterocycles. The number of hydrogen-bond donors (Lipinski definition) is 3. The predicted octanol–water partition coefficient (Wildman–Crippen LogP) is 0.350. The van der Waals surface area contributed by atoms with Crippen LogP contribution in [0.3, 0.4) is 0 Å². The van der Waals surface area contributed by atoms with Crippen LogP contribution in [-0.4, -0.2) is 69.4 Å². The van der Waals surface area contributed by atoms with Gasteiger partial charge in [-0.3, -0.25) is 14.1 Å². The van der Waals surface area contributed by atoms with Crippen molar-refractivity contribution in [3.8, 4) is 0 Å². The van der Waals surface area contributed by atoms with Crippen molar-refractivity contribution in [1.82, 2.24) is 0 Å². The maximum atomic E-state index is 11.4. The number of carboxylic acids is 2. The van der Waals surface area contributed by atoms with Crippen LogP contribution in [0.4, 0.5) is 0 Å². The zero-order valence-corrected chi connectivity index (χ0v) is 11.1. The molecule has 0 fully saturated rings. The van der Waals surface area contributed by atoms with Gasteiger partial charge in [-0.15, -0.1) is 0 Å². The summed E-state index contributed by atoms with van der Waals surface area (Å²) in [4.78, 5) is 22.4. The average molecular weight is 306 g/mol. The molecule has 108 valence electrons. The van der Waals surface area contributed by atoms with Gasteiger partial charge in [-0.2, -0.15) is 8.42 Å². The van der Waals surface area contributed by atoms with Gasteiger partial charge in [0, 0.05) is 0 Å². The number of hydrogen-bond acceptors (Lipinski definition) is 4. The Morgan fingerprint density at radius 3 is 1.84 bits per heavy atom. The minimum atomic E-state index is -5.03. The normalized spacial score (nSPS) is 15.9. The van der Waals surface area contributed by atoms with Crippen LogP contribution in [0, 0.1) is 5.92 Å². The third kappa shape index (κ3) is 4.42. The maximum absolute atomic E-state index is 11.4. The van der Waals surface area contributed by atoms with Gasteiger partial charge in [0.2, 0.25) is 4.75 Å².